The number of carbonyl (C=O) groups is 1. The summed E-state index contributed by atoms with van der Waals surface area (Å²) in [7, 11) is 0. The molecule has 0 saturated carbocycles. The Morgan fingerprint density at radius 2 is 2.00 bits per heavy atom. The maximum absolute atomic E-state index is 12.5. The molecule has 0 saturated heterocycles. The lowest BCUT2D eigenvalue weighted by molar-refractivity contribution is -0.115. The predicted molar refractivity (Wildman–Crippen MR) is 96.2 cm³/mol. The molecule has 2 aromatic carbocycles. The Hall–Kier alpha value is -2.26. The molecule has 3 aromatic rings. The maximum Gasteiger partial charge on any atom is 0.228 e. The van der Waals surface area contributed by atoms with Gasteiger partial charge in [-0.3, -0.25) is 4.79 Å². The van der Waals surface area contributed by atoms with E-state index in [-0.39, 0.29) is 5.91 Å². The monoisotopic (exact) mass is 326 g/mol. The lowest BCUT2D eigenvalue weighted by Gasteiger charge is -2.10. The fraction of sp³-hybridized carbons (Fsp3) is 0.211. The Morgan fingerprint density at radius 3 is 2.78 bits per heavy atom. The summed E-state index contributed by atoms with van der Waals surface area (Å²) >= 11 is 6.09. The van der Waals surface area contributed by atoms with Gasteiger partial charge in [-0.1, -0.05) is 36.7 Å². The minimum Gasteiger partial charge on any atom is -0.358 e. The lowest BCUT2D eigenvalue weighted by atomic mass is 10.1. The van der Waals surface area contributed by atoms with Crippen molar-refractivity contribution < 1.29 is 4.79 Å². The van der Waals surface area contributed by atoms with Gasteiger partial charge in [-0.25, -0.2) is 0 Å². The number of hydrogen-bond acceptors (Lipinski definition) is 1. The summed E-state index contributed by atoms with van der Waals surface area (Å²) in [5, 5.41) is 4.70. The molecule has 0 fully saturated rings. The first-order chi connectivity index (χ1) is 11.1. The molecule has 0 unspecified atom stereocenters. The molecule has 4 heteroatoms. The molecule has 23 heavy (non-hydrogen) atoms. The molecule has 3 rings (SSSR count). The van der Waals surface area contributed by atoms with E-state index in [1.165, 1.54) is 0 Å². The van der Waals surface area contributed by atoms with E-state index in [2.05, 4.69) is 17.2 Å². The Labute approximate surface area is 140 Å². The number of fused-ring (bicyclic) bond motifs is 1. The van der Waals surface area contributed by atoms with Gasteiger partial charge in [0.1, 0.15) is 0 Å². The largest absolute Gasteiger partial charge is 0.358 e. The van der Waals surface area contributed by atoms with Crippen LogP contribution in [-0.4, -0.2) is 10.9 Å². The lowest BCUT2D eigenvalue weighted by Crippen LogP contribution is -2.15. The highest BCUT2D eigenvalue weighted by molar-refractivity contribution is 6.31. The summed E-state index contributed by atoms with van der Waals surface area (Å²) in [6, 6.07) is 13.6. The van der Waals surface area contributed by atoms with Gasteiger partial charge in [0.05, 0.1) is 6.42 Å². The molecular formula is C19H19ClN2O. The molecule has 118 valence electrons. The zero-order valence-corrected chi connectivity index (χ0v) is 14.0. The van der Waals surface area contributed by atoms with Crippen molar-refractivity contribution >= 4 is 34.1 Å². The number of rotatable bonds is 4. The quantitative estimate of drug-likeness (QED) is 0.705. The number of aryl methyl sites for hydroxylation is 2. The van der Waals surface area contributed by atoms with Crippen LogP contribution in [0.5, 0.6) is 0 Å². The summed E-state index contributed by atoms with van der Waals surface area (Å²) in [6.07, 6.45) is 1.21. The van der Waals surface area contributed by atoms with Crippen LogP contribution in [0.3, 0.4) is 0 Å². The molecular weight excluding hydrogens is 308 g/mol. The van der Waals surface area contributed by atoms with Crippen LogP contribution in [0.25, 0.3) is 10.9 Å². The minimum atomic E-state index is -0.0186. The van der Waals surface area contributed by atoms with E-state index in [0.717, 1.165) is 39.8 Å². The van der Waals surface area contributed by atoms with E-state index < -0.39 is 0 Å². The van der Waals surface area contributed by atoms with E-state index >= 15 is 0 Å². The van der Waals surface area contributed by atoms with Crippen molar-refractivity contribution in [3.05, 3.63) is 64.3 Å². The summed E-state index contributed by atoms with van der Waals surface area (Å²) in [5.41, 5.74) is 5.02. The van der Waals surface area contributed by atoms with Crippen LogP contribution in [-0.2, 0) is 17.6 Å². The molecule has 0 aliphatic carbocycles. The zero-order chi connectivity index (χ0) is 16.4. The number of H-pyrrole nitrogens is 1. The van der Waals surface area contributed by atoms with Crippen LogP contribution in [0, 0.1) is 6.92 Å². The van der Waals surface area contributed by atoms with Crippen molar-refractivity contribution in [3.8, 4) is 0 Å². The standard InChI is InChI=1S/C19H19ClN2O/c1-3-13-6-4-5-7-17(13)22-19(23)11-15-12(2)21-18-9-8-14(20)10-16(15)18/h4-10,21H,3,11H2,1-2H3,(H,22,23). The number of halogens is 1. The molecule has 0 radical (unpaired) electrons. The molecule has 1 aromatic heterocycles. The average Bonchev–Trinajstić information content (AvgIpc) is 2.83. The highest BCUT2D eigenvalue weighted by atomic mass is 35.5. The van der Waals surface area contributed by atoms with Crippen LogP contribution in [0.4, 0.5) is 5.69 Å². The third-order valence-corrected chi connectivity index (χ3v) is 4.33. The molecule has 0 bridgehead atoms. The molecule has 2 N–H and O–H groups in total. The number of aromatic nitrogens is 1. The third kappa shape index (κ3) is 3.25. The van der Waals surface area contributed by atoms with Gasteiger partial charge >= 0.3 is 0 Å². The molecule has 0 spiro atoms. The second-order valence-corrected chi connectivity index (χ2v) is 6.09. The Morgan fingerprint density at radius 1 is 1.22 bits per heavy atom. The van der Waals surface area contributed by atoms with Crippen LogP contribution >= 0.6 is 11.6 Å². The van der Waals surface area contributed by atoms with Crippen molar-refractivity contribution in [1.29, 1.82) is 0 Å². The van der Waals surface area contributed by atoms with E-state index in [1.807, 2.05) is 49.4 Å². The Kier molecular flexibility index (Phi) is 4.39. The number of benzene rings is 2. The van der Waals surface area contributed by atoms with Crippen LogP contribution < -0.4 is 5.32 Å². The highest BCUT2D eigenvalue weighted by Gasteiger charge is 2.13. The van der Waals surface area contributed by atoms with Gasteiger partial charge in [-0.15, -0.1) is 0 Å². The second kappa shape index (κ2) is 6.47. The first kappa shape index (κ1) is 15.6. The van der Waals surface area contributed by atoms with E-state index in [4.69, 9.17) is 11.6 Å². The van der Waals surface area contributed by atoms with Crippen molar-refractivity contribution in [2.75, 3.05) is 5.32 Å². The number of para-hydroxylation sites is 1. The molecule has 0 aliphatic rings. The summed E-state index contributed by atoms with van der Waals surface area (Å²) in [5.74, 6) is -0.0186. The summed E-state index contributed by atoms with van der Waals surface area (Å²) in [6.45, 7) is 4.06. The first-order valence-electron chi connectivity index (χ1n) is 7.73. The van der Waals surface area contributed by atoms with E-state index in [9.17, 15) is 4.79 Å². The van der Waals surface area contributed by atoms with Crippen LogP contribution in [0.2, 0.25) is 5.02 Å². The van der Waals surface area contributed by atoms with Gasteiger partial charge < -0.3 is 10.3 Å². The van der Waals surface area contributed by atoms with Gasteiger partial charge in [0.15, 0.2) is 0 Å². The minimum absolute atomic E-state index is 0.0186. The summed E-state index contributed by atoms with van der Waals surface area (Å²) in [4.78, 5) is 15.8. The van der Waals surface area contributed by atoms with Crippen molar-refractivity contribution in [3.63, 3.8) is 0 Å². The maximum atomic E-state index is 12.5. The molecule has 1 heterocycles. The third-order valence-electron chi connectivity index (χ3n) is 4.09. The number of hydrogen-bond donors (Lipinski definition) is 2. The topological polar surface area (TPSA) is 44.9 Å². The smallest absolute Gasteiger partial charge is 0.228 e. The highest BCUT2D eigenvalue weighted by Crippen LogP contribution is 2.26. The Bertz CT molecular complexity index is 867. The number of aromatic amines is 1. The number of amides is 1. The Balaban J connectivity index is 1.86. The summed E-state index contributed by atoms with van der Waals surface area (Å²) < 4.78 is 0. The zero-order valence-electron chi connectivity index (χ0n) is 13.2. The van der Waals surface area contributed by atoms with Crippen molar-refractivity contribution in [2.24, 2.45) is 0 Å². The predicted octanol–water partition coefficient (Wildman–Crippen LogP) is 4.87. The van der Waals surface area contributed by atoms with Gasteiger partial charge in [0, 0.05) is 27.3 Å². The second-order valence-electron chi connectivity index (χ2n) is 5.65. The van der Waals surface area contributed by atoms with Gasteiger partial charge in [0.2, 0.25) is 5.91 Å². The van der Waals surface area contributed by atoms with Crippen molar-refractivity contribution in [2.45, 2.75) is 26.7 Å². The average molecular weight is 327 g/mol. The van der Waals surface area contributed by atoms with Crippen molar-refractivity contribution in [1.82, 2.24) is 4.98 Å². The SMILES string of the molecule is CCc1ccccc1NC(=O)Cc1c(C)[nH]c2ccc(Cl)cc12. The number of anilines is 1. The van der Waals surface area contributed by atoms with Crippen LogP contribution in [0.1, 0.15) is 23.7 Å². The van der Waals surface area contributed by atoms with Gasteiger partial charge in [-0.2, -0.15) is 0 Å². The van der Waals surface area contributed by atoms with E-state index in [0.29, 0.717) is 11.4 Å². The number of nitrogens with one attached hydrogen (secondary N) is 2. The normalized spacial score (nSPS) is 10.9. The van der Waals surface area contributed by atoms with Crippen LogP contribution in [0.15, 0.2) is 42.5 Å². The first-order valence-corrected chi connectivity index (χ1v) is 8.10. The van der Waals surface area contributed by atoms with Gasteiger partial charge in [0.25, 0.3) is 0 Å². The molecule has 3 nitrogen and oxygen atoms in total. The molecule has 0 aliphatic heterocycles. The fourth-order valence-electron chi connectivity index (χ4n) is 2.89. The van der Waals surface area contributed by atoms with E-state index in [1.54, 1.807) is 0 Å². The molecule has 1 amide bonds. The van der Waals surface area contributed by atoms with Gasteiger partial charge in [-0.05, 0) is 48.7 Å². The fourth-order valence-corrected chi connectivity index (χ4v) is 3.06. The molecule has 0 atom stereocenters. The number of carbonyl (C=O) groups excluding carboxylic acids is 1.